The molecule has 0 saturated heterocycles. The zero-order valence-corrected chi connectivity index (χ0v) is 17.8. The number of nitrogens with one attached hydrogen (secondary N) is 1. The first-order chi connectivity index (χ1) is 15.8. The van der Waals surface area contributed by atoms with Crippen molar-refractivity contribution >= 4 is 23.1 Å². The molecule has 2 aromatic heterocycles. The lowest BCUT2D eigenvalue weighted by Crippen LogP contribution is -2.20. The Hall–Kier alpha value is -3.86. The van der Waals surface area contributed by atoms with E-state index in [1.807, 2.05) is 17.5 Å². The predicted molar refractivity (Wildman–Crippen MR) is 115 cm³/mol. The van der Waals surface area contributed by atoms with Crippen LogP contribution in [0.4, 0.5) is 19.0 Å². The number of thiazole rings is 1. The number of halogens is 3. The maximum Gasteiger partial charge on any atom is 0.417 e. The number of aromatic nitrogens is 3. The summed E-state index contributed by atoms with van der Waals surface area (Å²) in [5.41, 5.74) is 0.533. The van der Waals surface area contributed by atoms with Crippen molar-refractivity contribution in [1.82, 2.24) is 14.8 Å². The molecule has 0 radical (unpaired) electrons. The van der Waals surface area contributed by atoms with Crippen LogP contribution in [0.2, 0.25) is 0 Å². The molecule has 0 aliphatic carbocycles. The summed E-state index contributed by atoms with van der Waals surface area (Å²) < 4.78 is 52.1. The van der Waals surface area contributed by atoms with Gasteiger partial charge >= 0.3 is 6.18 Å². The van der Waals surface area contributed by atoms with Crippen LogP contribution in [0.25, 0.3) is 16.4 Å². The Morgan fingerprint density at radius 2 is 1.91 bits per heavy atom. The van der Waals surface area contributed by atoms with Gasteiger partial charge in [0.25, 0.3) is 5.91 Å². The van der Waals surface area contributed by atoms with Crippen LogP contribution in [0.5, 0.6) is 11.5 Å². The number of nitrogens with zero attached hydrogens (tertiary/aromatic N) is 3. The van der Waals surface area contributed by atoms with Gasteiger partial charge in [0.1, 0.15) is 5.82 Å². The molecule has 168 valence electrons. The van der Waals surface area contributed by atoms with E-state index in [0.717, 1.165) is 17.7 Å². The minimum atomic E-state index is -4.65. The molecule has 5 rings (SSSR count). The number of anilines is 1. The minimum absolute atomic E-state index is 0.161. The van der Waals surface area contributed by atoms with Gasteiger partial charge in [-0.15, -0.1) is 11.3 Å². The second kappa shape index (κ2) is 7.93. The number of alkyl halides is 3. The molecule has 1 N–H and O–H groups in total. The molecule has 1 aliphatic rings. The summed E-state index contributed by atoms with van der Waals surface area (Å²) in [5.74, 6) is 0.590. The Labute approximate surface area is 189 Å². The molecular formula is C22H15F3N4O3S. The number of carbonyl (C=O) groups is 1. The van der Waals surface area contributed by atoms with Gasteiger partial charge in [-0.3, -0.25) is 4.79 Å². The fourth-order valence-electron chi connectivity index (χ4n) is 3.40. The van der Waals surface area contributed by atoms with Gasteiger partial charge in [-0.2, -0.15) is 23.0 Å². The lowest BCUT2D eigenvalue weighted by atomic mass is 10.1. The van der Waals surface area contributed by atoms with Crippen LogP contribution in [0.1, 0.15) is 21.6 Å². The van der Waals surface area contributed by atoms with Crippen molar-refractivity contribution in [3.8, 4) is 27.9 Å². The molecule has 1 amide bonds. The Kier molecular flexibility index (Phi) is 5.05. The Balaban J connectivity index is 1.45. The third kappa shape index (κ3) is 4.02. The topological polar surface area (TPSA) is 78.3 Å². The second-order valence-electron chi connectivity index (χ2n) is 7.16. The van der Waals surface area contributed by atoms with Gasteiger partial charge < -0.3 is 14.8 Å². The fraction of sp³-hybridized carbons (Fsp3) is 0.136. The quantitative estimate of drug-likeness (QED) is 0.436. The first-order valence-electron chi connectivity index (χ1n) is 9.70. The molecule has 2 aromatic carbocycles. The Morgan fingerprint density at radius 1 is 1.12 bits per heavy atom. The SMILES string of the molecule is Cc1cc(NC(=O)c2ccccc2C(F)(F)F)n(-c2nc(-c3ccc4c(c3)OCO4)cs2)n1. The van der Waals surface area contributed by atoms with E-state index >= 15 is 0 Å². The summed E-state index contributed by atoms with van der Waals surface area (Å²) >= 11 is 1.27. The lowest BCUT2D eigenvalue weighted by Gasteiger charge is -2.12. The van der Waals surface area contributed by atoms with Crippen molar-refractivity contribution < 1.29 is 27.4 Å². The zero-order chi connectivity index (χ0) is 23.2. The van der Waals surface area contributed by atoms with Gasteiger partial charge in [0.2, 0.25) is 11.9 Å². The zero-order valence-electron chi connectivity index (χ0n) is 17.0. The minimum Gasteiger partial charge on any atom is -0.454 e. The van der Waals surface area contributed by atoms with E-state index in [1.165, 1.54) is 28.2 Å². The average molecular weight is 472 g/mol. The first kappa shape index (κ1) is 21.0. The lowest BCUT2D eigenvalue weighted by molar-refractivity contribution is -0.137. The maximum atomic E-state index is 13.3. The van der Waals surface area contributed by atoms with Crippen molar-refractivity contribution in [2.45, 2.75) is 13.1 Å². The highest BCUT2D eigenvalue weighted by Gasteiger charge is 2.35. The van der Waals surface area contributed by atoms with E-state index in [2.05, 4.69) is 15.4 Å². The number of hydrogen-bond acceptors (Lipinski definition) is 6. The average Bonchev–Trinajstić information content (AvgIpc) is 3.52. The maximum absolute atomic E-state index is 13.3. The molecule has 4 aromatic rings. The largest absolute Gasteiger partial charge is 0.454 e. The number of amides is 1. The highest BCUT2D eigenvalue weighted by Crippen LogP contribution is 2.37. The molecule has 1 aliphatic heterocycles. The number of benzene rings is 2. The summed E-state index contributed by atoms with van der Waals surface area (Å²) in [7, 11) is 0. The van der Waals surface area contributed by atoms with E-state index in [1.54, 1.807) is 19.1 Å². The standard InChI is InChI=1S/C22H15F3N4O3S/c1-12-8-19(27-20(30)14-4-2-3-5-15(14)22(23,24)25)29(28-12)21-26-16(10-33-21)13-6-7-17-18(9-13)32-11-31-17/h2-10H,11H2,1H3,(H,27,30). The van der Waals surface area contributed by atoms with Crippen molar-refractivity contribution in [2.24, 2.45) is 0 Å². The summed E-state index contributed by atoms with van der Waals surface area (Å²) in [4.78, 5) is 17.3. The smallest absolute Gasteiger partial charge is 0.417 e. The molecule has 0 spiro atoms. The van der Waals surface area contributed by atoms with Crippen molar-refractivity contribution in [3.05, 3.63) is 70.7 Å². The molecule has 3 heterocycles. The third-order valence-electron chi connectivity index (χ3n) is 4.89. The molecule has 33 heavy (non-hydrogen) atoms. The van der Waals surface area contributed by atoms with Gasteiger partial charge in [0.05, 0.1) is 22.5 Å². The van der Waals surface area contributed by atoms with Crippen LogP contribution in [0.15, 0.2) is 53.9 Å². The second-order valence-corrected chi connectivity index (χ2v) is 8.00. The number of ether oxygens (including phenoxy) is 2. The normalized spacial score (nSPS) is 12.7. The van der Waals surface area contributed by atoms with Crippen LogP contribution in [-0.2, 0) is 6.18 Å². The summed E-state index contributed by atoms with van der Waals surface area (Å²) in [5, 5.41) is 9.13. The number of aryl methyl sites for hydroxylation is 1. The molecule has 0 saturated carbocycles. The Morgan fingerprint density at radius 3 is 2.73 bits per heavy atom. The van der Waals surface area contributed by atoms with Gasteiger partial charge in [0, 0.05) is 17.0 Å². The van der Waals surface area contributed by atoms with E-state index in [9.17, 15) is 18.0 Å². The monoisotopic (exact) mass is 472 g/mol. The van der Waals surface area contributed by atoms with Crippen molar-refractivity contribution in [3.63, 3.8) is 0 Å². The summed E-state index contributed by atoms with van der Waals surface area (Å²) in [6.07, 6.45) is -4.65. The third-order valence-corrected chi connectivity index (χ3v) is 5.71. The summed E-state index contributed by atoms with van der Waals surface area (Å²) in [6, 6.07) is 11.6. The van der Waals surface area contributed by atoms with Gasteiger partial charge in [-0.05, 0) is 37.3 Å². The molecule has 0 fully saturated rings. The van der Waals surface area contributed by atoms with E-state index in [-0.39, 0.29) is 12.6 Å². The Bertz CT molecular complexity index is 1360. The van der Waals surface area contributed by atoms with Gasteiger partial charge in [-0.1, -0.05) is 12.1 Å². The molecule has 11 heteroatoms. The van der Waals surface area contributed by atoms with Crippen LogP contribution >= 0.6 is 11.3 Å². The van der Waals surface area contributed by atoms with Crippen molar-refractivity contribution in [2.75, 3.05) is 12.1 Å². The molecule has 0 bridgehead atoms. The summed E-state index contributed by atoms with van der Waals surface area (Å²) in [6.45, 7) is 1.87. The fourth-order valence-corrected chi connectivity index (χ4v) is 4.19. The number of hydrogen-bond donors (Lipinski definition) is 1. The molecule has 0 atom stereocenters. The molecule has 0 unspecified atom stereocenters. The molecule has 7 nitrogen and oxygen atoms in total. The predicted octanol–water partition coefficient (Wildman–Crippen LogP) is 5.30. The van der Waals surface area contributed by atoms with Crippen LogP contribution < -0.4 is 14.8 Å². The highest BCUT2D eigenvalue weighted by molar-refractivity contribution is 7.12. The van der Waals surface area contributed by atoms with Gasteiger partial charge in [0.15, 0.2) is 11.5 Å². The van der Waals surface area contributed by atoms with E-state index < -0.39 is 23.2 Å². The van der Waals surface area contributed by atoms with E-state index in [4.69, 9.17) is 9.47 Å². The van der Waals surface area contributed by atoms with Crippen LogP contribution in [0, 0.1) is 6.92 Å². The van der Waals surface area contributed by atoms with Crippen LogP contribution in [0.3, 0.4) is 0 Å². The highest BCUT2D eigenvalue weighted by atomic mass is 32.1. The van der Waals surface area contributed by atoms with Gasteiger partial charge in [-0.25, -0.2) is 4.98 Å². The van der Waals surface area contributed by atoms with Crippen LogP contribution in [-0.4, -0.2) is 27.5 Å². The van der Waals surface area contributed by atoms with E-state index in [0.29, 0.717) is 28.0 Å². The first-order valence-corrected chi connectivity index (χ1v) is 10.6. The van der Waals surface area contributed by atoms with Crippen molar-refractivity contribution in [1.29, 1.82) is 0 Å². The number of fused-ring (bicyclic) bond motifs is 1. The number of rotatable bonds is 4. The number of carbonyl (C=O) groups excluding carboxylic acids is 1. The molecular weight excluding hydrogens is 457 g/mol.